The molecule has 0 radical (unpaired) electrons. The van der Waals surface area contributed by atoms with E-state index >= 15 is 0 Å². The topological polar surface area (TPSA) is 50.2 Å². The summed E-state index contributed by atoms with van der Waals surface area (Å²) in [5, 5.41) is 7.43. The van der Waals surface area contributed by atoms with E-state index in [0.717, 1.165) is 23.4 Å². The molecule has 0 bridgehead atoms. The lowest BCUT2D eigenvalue weighted by molar-refractivity contribution is 0.201. The van der Waals surface area contributed by atoms with Crippen molar-refractivity contribution in [2.45, 2.75) is 39.2 Å². The van der Waals surface area contributed by atoms with Crippen molar-refractivity contribution in [2.24, 2.45) is 13.0 Å². The van der Waals surface area contributed by atoms with Crippen molar-refractivity contribution in [1.29, 1.82) is 0 Å². The molecule has 1 aromatic carbocycles. The first-order valence-electron chi connectivity index (χ1n) is 8.73. The number of halogens is 1. The molecule has 25 heavy (non-hydrogen) atoms. The molecule has 3 rings (SSSR count). The molecule has 1 fully saturated rings. The number of carbonyl (C=O) groups is 1. The van der Waals surface area contributed by atoms with Crippen LogP contribution in [-0.4, -0.2) is 27.3 Å². The van der Waals surface area contributed by atoms with Crippen LogP contribution in [0.15, 0.2) is 30.5 Å². The molecule has 6 heteroatoms. The number of carbonyl (C=O) groups excluding carboxylic acids is 1. The number of aromatic nitrogens is 2. The van der Waals surface area contributed by atoms with Crippen molar-refractivity contribution >= 4 is 11.7 Å². The van der Waals surface area contributed by atoms with Gasteiger partial charge in [0.25, 0.3) is 0 Å². The van der Waals surface area contributed by atoms with Crippen molar-refractivity contribution in [3.05, 3.63) is 47.5 Å². The summed E-state index contributed by atoms with van der Waals surface area (Å²) in [5.41, 5.74) is 2.45. The number of likely N-dealkylation sites (tertiary alicyclic amines) is 1. The fraction of sp³-hybridized carbons (Fsp3) is 0.474. The molecule has 1 aliphatic heterocycles. The third-order valence-electron chi connectivity index (χ3n) is 4.80. The number of benzene rings is 1. The lowest BCUT2D eigenvalue weighted by atomic mass is 9.95. The van der Waals surface area contributed by atoms with Gasteiger partial charge in [-0.3, -0.25) is 4.68 Å². The van der Waals surface area contributed by atoms with Gasteiger partial charge in [-0.2, -0.15) is 5.10 Å². The quantitative estimate of drug-likeness (QED) is 0.902. The maximum absolute atomic E-state index is 13.6. The average Bonchev–Trinajstić information content (AvgIpc) is 3.10. The van der Waals surface area contributed by atoms with Gasteiger partial charge in [0, 0.05) is 19.8 Å². The molecule has 2 unspecified atom stereocenters. The van der Waals surface area contributed by atoms with Crippen LogP contribution >= 0.6 is 0 Å². The van der Waals surface area contributed by atoms with Gasteiger partial charge in [0.15, 0.2) is 0 Å². The van der Waals surface area contributed by atoms with E-state index in [9.17, 15) is 9.18 Å². The van der Waals surface area contributed by atoms with Gasteiger partial charge < -0.3 is 10.2 Å². The van der Waals surface area contributed by atoms with E-state index in [0.29, 0.717) is 6.54 Å². The van der Waals surface area contributed by atoms with E-state index in [1.807, 2.05) is 33.2 Å². The summed E-state index contributed by atoms with van der Waals surface area (Å²) >= 11 is 0. The summed E-state index contributed by atoms with van der Waals surface area (Å²) in [6.07, 6.45) is 2.72. The first-order chi connectivity index (χ1) is 11.9. The molecule has 2 aromatic rings. The average molecular weight is 344 g/mol. The first kappa shape index (κ1) is 17.5. The maximum atomic E-state index is 13.6. The van der Waals surface area contributed by atoms with Gasteiger partial charge in [-0.15, -0.1) is 0 Å². The number of urea groups is 1. The van der Waals surface area contributed by atoms with E-state index < -0.39 is 0 Å². The monoisotopic (exact) mass is 344 g/mol. The van der Waals surface area contributed by atoms with Crippen molar-refractivity contribution in [3.63, 3.8) is 0 Å². The highest BCUT2D eigenvalue weighted by atomic mass is 19.1. The predicted octanol–water partition coefficient (Wildman–Crippen LogP) is 4.30. The van der Waals surface area contributed by atoms with Gasteiger partial charge in [-0.1, -0.05) is 32.9 Å². The normalized spacial score (nSPS) is 20.3. The first-order valence-corrected chi connectivity index (χ1v) is 8.73. The van der Waals surface area contributed by atoms with E-state index in [2.05, 4.69) is 17.3 Å². The summed E-state index contributed by atoms with van der Waals surface area (Å²) in [6.45, 7) is 6.86. The van der Waals surface area contributed by atoms with Crippen molar-refractivity contribution < 1.29 is 9.18 Å². The van der Waals surface area contributed by atoms with Crippen LogP contribution in [0, 0.1) is 11.7 Å². The molecule has 0 saturated carbocycles. The van der Waals surface area contributed by atoms with E-state index in [1.165, 1.54) is 12.1 Å². The molecule has 1 aromatic heterocycles. The second-order valence-electron chi connectivity index (χ2n) is 7.15. The smallest absolute Gasteiger partial charge is 0.317 e. The van der Waals surface area contributed by atoms with Crippen LogP contribution in [0.2, 0.25) is 0 Å². The number of nitrogens with zero attached hydrogens (tertiary/aromatic N) is 3. The highest BCUT2D eigenvalue weighted by Gasteiger charge is 2.36. The number of hydrogen-bond acceptors (Lipinski definition) is 2. The number of aryl methyl sites for hydroxylation is 1. The maximum Gasteiger partial charge on any atom is 0.322 e. The molecule has 2 amide bonds. The minimum absolute atomic E-state index is 0.116. The lowest BCUT2D eigenvalue weighted by Gasteiger charge is -2.27. The zero-order valence-corrected chi connectivity index (χ0v) is 15.2. The molecule has 1 aliphatic rings. The number of amides is 2. The third kappa shape index (κ3) is 3.52. The Balaban J connectivity index is 1.84. The molecular formula is C19H25FN4O. The molecule has 2 heterocycles. The van der Waals surface area contributed by atoms with Gasteiger partial charge in [0.1, 0.15) is 5.82 Å². The minimum Gasteiger partial charge on any atom is -0.317 e. The highest BCUT2D eigenvalue weighted by Crippen LogP contribution is 2.37. The number of hydrogen-bond donors (Lipinski definition) is 1. The molecule has 5 nitrogen and oxygen atoms in total. The van der Waals surface area contributed by atoms with Gasteiger partial charge in [-0.25, -0.2) is 9.18 Å². The van der Waals surface area contributed by atoms with Crippen LogP contribution in [0.5, 0.6) is 0 Å². The fourth-order valence-corrected chi connectivity index (χ4v) is 3.59. The summed E-state index contributed by atoms with van der Waals surface area (Å²) < 4.78 is 15.3. The molecule has 134 valence electrons. The molecule has 0 aliphatic carbocycles. The van der Waals surface area contributed by atoms with E-state index in [4.69, 9.17) is 0 Å². The minimum atomic E-state index is -0.272. The molecular weight excluding hydrogens is 319 g/mol. The van der Waals surface area contributed by atoms with E-state index in [1.54, 1.807) is 15.6 Å². The van der Waals surface area contributed by atoms with Crippen LogP contribution in [0.4, 0.5) is 14.9 Å². The van der Waals surface area contributed by atoms with Crippen molar-refractivity contribution in [2.75, 3.05) is 11.9 Å². The third-order valence-corrected chi connectivity index (χ3v) is 4.80. The Hall–Kier alpha value is -2.37. The van der Waals surface area contributed by atoms with Crippen LogP contribution in [0.1, 0.15) is 50.4 Å². The standard InChI is InChI=1S/C19H25FN4O/c1-12(2)17-16(11-23(4)22-17)21-19(25)24-9-8-13(3)18(24)14-6-5-7-15(20)10-14/h5-7,10-13,18H,8-9H2,1-4H3,(H,21,25). The van der Waals surface area contributed by atoms with Crippen LogP contribution in [0.3, 0.4) is 0 Å². The Morgan fingerprint density at radius 2 is 2.16 bits per heavy atom. The Bertz CT molecular complexity index is 771. The Morgan fingerprint density at radius 1 is 1.40 bits per heavy atom. The zero-order chi connectivity index (χ0) is 18.1. The number of anilines is 1. The van der Waals surface area contributed by atoms with Crippen molar-refractivity contribution in [3.8, 4) is 0 Å². The SMILES string of the molecule is CC(C)c1nn(C)cc1NC(=O)N1CCC(C)C1c1cccc(F)c1. The van der Waals surface area contributed by atoms with Crippen molar-refractivity contribution in [1.82, 2.24) is 14.7 Å². The second-order valence-corrected chi connectivity index (χ2v) is 7.15. The Labute approximate surface area is 147 Å². The molecule has 1 saturated heterocycles. The summed E-state index contributed by atoms with van der Waals surface area (Å²) in [4.78, 5) is 14.7. The van der Waals surface area contributed by atoms with Gasteiger partial charge >= 0.3 is 6.03 Å². The van der Waals surface area contributed by atoms with Gasteiger partial charge in [-0.05, 0) is 36.0 Å². The molecule has 2 atom stereocenters. The van der Waals surface area contributed by atoms with E-state index in [-0.39, 0.29) is 29.7 Å². The Kier molecular flexibility index (Phi) is 4.79. The summed E-state index contributed by atoms with van der Waals surface area (Å²) in [5.74, 6) is 0.227. The van der Waals surface area contributed by atoms with Gasteiger partial charge in [0.2, 0.25) is 0 Å². The van der Waals surface area contributed by atoms with Crippen LogP contribution < -0.4 is 5.32 Å². The van der Waals surface area contributed by atoms with Crippen LogP contribution in [0.25, 0.3) is 0 Å². The Morgan fingerprint density at radius 3 is 2.84 bits per heavy atom. The zero-order valence-electron chi connectivity index (χ0n) is 15.2. The number of rotatable bonds is 3. The fourth-order valence-electron chi connectivity index (χ4n) is 3.59. The largest absolute Gasteiger partial charge is 0.322 e. The van der Waals surface area contributed by atoms with Crippen LogP contribution in [-0.2, 0) is 7.05 Å². The summed E-state index contributed by atoms with van der Waals surface area (Å²) in [6, 6.07) is 6.26. The second kappa shape index (κ2) is 6.86. The lowest BCUT2D eigenvalue weighted by Crippen LogP contribution is -2.35. The molecule has 1 N–H and O–H groups in total. The van der Waals surface area contributed by atoms with Gasteiger partial charge in [0.05, 0.1) is 17.4 Å². The number of nitrogens with one attached hydrogen (secondary N) is 1. The predicted molar refractivity (Wildman–Crippen MR) is 95.9 cm³/mol. The highest BCUT2D eigenvalue weighted by molar-refractivity contribution is 5.90. The summed E-state index contributed by atoms with van der Waals surface area (Å²) in [7, 11) is 1.84. The molecule has 0 spiro atoms.